The summed E-state index contributed by atoms with van der Waals surface area (Å²) in [5, 5.41) is 17.0. The molecule has 4 aromatic rings. The molecular weight excluding hydrogens is 527 g/mol. The second-order valence-corrected chi connectivity index (χ2v) is 11.3. The molecule has 0 bridgehead atoms. The van der Waals surface area contributed by atoms with Gasteiger partial charge in [0.05, 0.1) is 29.9 Å². The Hall–Kier alpha value is -4.54. The normalized spacial score (nSPS) is 17.6. The van der Waals surface area contributed by atoms with Crippen molar-refractivity contribution in [3.8, 4) is 17.0 Å². The number of nitrogens with one attached hydrogen (secondary N) is 3. The summed E-state index contributed by atoms with van der Waals surface area (Å²) < 4.78 is 25.1. The van der Waals surface area contributed by atoms with Crippen LogP contribution in [-0.2, 0) is 4.79 Å². The largest absolute Gasteiger partial charge is 0.493 e. The minimum absolute atomic E-state index is 0.0112. The van der Waals surface area contributed by atoms with E-state index in [1.54, 1.807) is 18.3 Å². The zero-order chi connectivity index (χ0) is 28.9. The monoisotopic (exact) mass is 558 g/mol. The number of aryl methyl sites for hydroxylation is 2. The van der Waals surface area contributed by atoms with Crippen LogP contribution in [0.25, 0.3) is 11.3 Å². The van der Waals surface area contributed by atoms with Crippen LogP contribution in [0.2, 0.25) is 0 Å². The molecule has 6 rings (SSSR count). The van der Waals surface area contributed by atoms with Crippen molar-refractivity contribution in [2.24, 2.45) is 5.41 Å². The Labute approximate surface area is 236 Å². The number of aromatic nitrogens is 4. The molecule has 3 aromatic heterocycles. The summed E-state index contributed by atoms with van der Waals surface area (Å²) in [6.07, 6.45) is 4.65. The van der Waals surface area contributed by atoms with Crippen molar-refractivity contribution >= 4 is 17.5 Å². The molecule has 1 aliphatic carbocycles. The molecule has 4 heterocycles. The zero-order valence-corrected chi connectivity index (χ0v) is 23.2. The van der Waals surface area contributed by atoms with E-state index in [-0.39, 0.29) is 17.0 Å². The fourth-order valence-electron chi connectivity index (χ4n) is 5.78. The number of amides is 2. The summed E-state index contributed by atoms with van der Waals surface area (Å²) in [5.74, 6) is -1.46. The molecular formula is C30H31FN6O4. The SMILES string of the molecule is Cc1n[nH]c(C)c1-c1ccc(NC(=O)[C@@H](NC(=O)c2nocc2C(C)C)C2c3ccc(F)cc3OCC23CC3)cn1. The number of rotatable bonds is 7. The van der Waals surface area contributed by atoms with Crippen LogP contribution in [0, 0.1) is 25.1 Å². The van der Waals surface area contributed by atoms with Gasteiger partial charge >= 0.3 is 0 Å². The lowest BCUT2D eigenvalue weighted by Crippen LogP contribution is -2.52. The average molecular weight is 559 g/mol. The first-order valence-electron chi connectivity index (χ1n) is 13.6. The number of carbonyl (C=O) groups is 2. The van der Waals surface area contributed by atoms with Crippen LogP contribution in [0.1, 0.15) is 71.5 Å². The molecule has 0 saturated heterocycles. The number of fused-ring (bicyclic) bond motifs is 1. The third-order valence-electron chi connectivity index (χ3n) is 8.13. The van der Waals surface area contributed by atoms with Gasteiger partial charge in [0.15, 0.2) is 5.69 Å². The molecule has 10 nitrogen and oxygen atoms in total. The van der Waals surface area contributed by atoms with Crippen molar-refractivity contribution in [1.29, 1.82) is 0 Å². The van der Waals surface area contributed by atoms with Gasteiger partial charge in [-0.3, -0.25) is 19.7 Å². The summed E-state index contributed by atoms with van der Waals surface area (Å²) in [6, 6.07) is 6.89. The number of hydrogen-bond donors (Lipinski definition) is 3. The molecule has 0 radical (unpaired) electrons. The van der Waals surface area contributed by atoms with Gasteiger partial charge in [0.1, 0.15) is 23.9 Å². The highest BCUT2D eigenvalue weighted by Crippen LogP contribution is 2.61. The first kappa shape index (κ1) is 26.7. The lowest BCUT2D eigenvalue weighted by atomic mass is 9.75. The zero-order valence-electron chi connectivity index (χ0n) is 23.2. The number of aromatic amines is 1. The Morgan fingerprint density at radius 3 is 2.63 bits per heavy atom. The first-order chi connectivity index (χ1) is 19.7. The van der Waals surface area contributed by atoms with E-state index >= 15 is 0 Å². The van der Waals surface area contributed by atoms with E-state index in [2.05, 4.69) is 31.0 Å². The second kappa shape index (κ2) is 10.1. The Morgan fingerprint density at radius 2 is 1.98 bits per heavy atom. The number of ether oxygens (including phenoxy) is 1. The van der Waals surface area contributed by atoms with E-state index in [0.717, 1.165) is 35.5 Å². The fraction of sp³-hybridized carbons (Fsp3) is 0.367. The van der Waals surface area contributed by atoms with Gasteiger partial charge in [-0.25, -0.2) is 4.39 Å². The van der Waals surface area contributed by atoms with Gasteiger partial charge in [-0.2, -0.15) is 5.10 Å². The highest BCUT2D eigenvalue weighted by molar-refractivity contribution is 6.01. The molecule has 11 heteroatoms. The molecule has 1 unspecified atom stereocenters. The quantitative estimate of drug-likeness (QED) is 0.289. The predicted molar refractivity (Wildman–Crippen MR) is 148 cm³/mol. The highest BCUT2D eigenvalue weighted by atomic mass is 19.1. The lowest BCUT2D eigenvalue weighted by molar-refractivity contribution is -0.119. The van der Waals surface area contributed by atoms with Gasteiger partial charge in [-0.05, 0) is 50.8 Å². The van der Waals surface area contributed by atoms with Gasteiger partial charge in [0.25, 0.3) is 5.91 Å². The van der Waals surface area contributed by atoms with Crippen molar-refractivity contribution in [2.45, 2.75) is 58.4 Å². The van der Waals surface area contributed by atoms with E-state index in [4.69, 9.17) is 9.26 Å². The van der Waals surface area contributed by atoms with Gasteiger partial charge < -0.3 is 19.9 Å². The minimum Gasteiger partial charge on any atom is -0.493 e. The van der Waals surface area contributed by atoms with Gasteiger partial charge in [-0.1, -0.05) is 25.1 Å². The van der Waals surface area contributed by atoms with Gasteiger partial charge in [-0.15, -0.1) is 0 Å². The number of H-pyrrole nitrogens is 1. The van der Waals surface area contributed by atoms with Crippen LogP contribution in [0.5, 0.6) is 5.75 Å². The number of anilines is 1. The maximum absolute atomic E-state index is 14.1. The van der Waals surface area contributed by atoms with E-state index in [0.29, 0.717) is 29.2 Å². The van der Waals surface area contributed by atoms with Crippen LogP contribution >= 0.6 is 0 Å². The van der Waals surface area contributed by atoms with Crippen molar-refractivity contribution in [3.63, 3.8) is 0 Å². The van der Waals surface area contributed by atoms with Crippen molar-refractivity contribution in [1.82, 2.24) is 25.7 Å². The lowest BCUT2D eigenvalue weighted by Gasteiger charge is -2.38. The maximum atomic E-state index is 14.1. The Balaban J connectivity index is 1.34. The number of halogens is 1. The Morgan fingerprint density at radius 1 is 1.17 bits per heavy atom. The van der Waals surface area contributed by atoms with E-state index in [1.807, 2.05) is 33.8 Å². The summed E-state index contributed by atoms with van der Waals surface area (Å²) in [6.45, 7) is 8.01. The van der Waals surface area contributed by atoms with Gasteiger partial charge in [0, 0.05) is 39.8 Å². The maximum Gasteiger partial charge on any atom is 0.274 e. The Kier molecular flexibility index (Phi) is 6.59. The predicted octanol–water partition coefficient (Wildman–Crippen LogP) is 5.03. The summed E-state index contributed by atoms with van der Waals surface area (Å²) in [4.78, 5) is 32.1. The molecule has 1 spiro atoms. The number of benzene rings is 1. The molecule has 1 fully saturated rings. The van der Waals surface area contributed by atoms with Gasteiger partial charge in [0.2, 0.25) is 5.91 Å². The van der Waals surface area contributed by atoms with Crippen LogP contribution in [0.3, 0.4) is 0 Å². The molecule has 3 N–H and O–H groups in total. The molecule has 2 atom stereocenters. The Bertz CT molecular complexity index is 1600. The average Bonchev–Trinajstić information content (AvgIpc) is 3.37. The molecule has 2 amide bonds. The molecule has 1 aromatic carbocycles. The third kappa shape index (κ3) is 4.85. The topological polar surface area (TPSA) is 135 Å². The van der Waals surface area contributed by atoms with E-state index in [1.165, 1.54) is 18.4 Å². The molecule has 1 aliphatic heterocycles. The number of nitrogens with zero attached hydrogens (tertiary/aromatic N) is 3. The van der Waals surface area contributed by atoms with Crippen molar-refractivity contribution in [3.05, 3.63) is 76.8 Å². The third-order valence-corrected chi connectivity index (χ3v) is 8.13. The molecule has 212 valence electrons. The van der Waals surface area contributed by atoms with Crippen LogP contribution in [0.4, 0.5) is 10.1 Å². The van der Waals surface area contributed by atoms with Crippen LogP contribution < -0.4 is 15.4 Å². The van der Waals surface area contributed by atoms with Crippen LogP contribution in [-0.4, -0.2) is 44.8 Å². The number of pyridine rings is 1. The molecule has 2 aliphatic rings. The molecule has 41 heavy (non-hydrogen) atoms. The van der Waals surface area contributed by atoms with E-state index in [9.17, 15) is 14.0 Å². The summed E-state index contributed by atoms with van der Waals surface area (Å²) in [7, 11) is 0. The van der Waals surface area contributed by atoms with Crippen LogP contribution in [0.15, 0.2) is 47.3 Å². The second-order valence-electron chi connectivity index (χ2n) is 11.3. The number of hydrogen-bond acceptors (Lipinski definition) is 7. The summed E-state index contributed by atoms with van der Waals surface area (Å²) in [5.41, 5.74) is 4.91. The standard InChI is InChI=1S/C30H31FN6O4/c1-15(2)21-13-41-37-26(21)28(38)34-27(25-20-7-5-18(31)11-23(20)40-14-30(25)9-10-30)29(39)33-19-6-8-22(32-12-19)24-16(3)35-36-17(24)4/h5-8,11-13,15,25,27H,9-10,14H2,1-4H3,(H,33,39)(H,34,38)(H,35,36)/t25?,27-/m0/s1. The van der Waals surface area contributed by atoms with Crippen molar-refractivity contribution < 1.29 is 23.2 Å². The van der Waals surface area contributed by atoms with E-state index < -0.39 is 29.6 Å². The van der Waals surface area contributed by atoms with Crippen molar-refractivity contribution in [2.75, 3.05) is 11.9 Å². The fourth-order valence-corrected chi connectivity index (χ4v) is 5.78. The number of carbonyl (C=O) groups excluding carboxylic acids is 2. The minimum atomic E-state index is -1.01. The highest BCUT2D eigenvalue weighted by Gasteiger charge is 2.58. The first-order valence-corrected chi connectivity index (χ1v) is 13.6. The smallest absolute Gasteiger partial charge is 0.274 e. The summed E-state index contributed by atoms with van der Waals surface area (Å²) >= 11 is 0. The molecule has 1 saturated carbocycles.